The van der Waals surface area contributed by atoms with Crippen molar-refractivity contribution in [2.45, 2.75) is 0 Å². The van der Waals surface area contributed by atoms with Gasteiger partial charge in [-0.1, -0.05) is 11.6 Å². The van der Waals surface area contributed by atoms with E-state index in [4.69, 9.17) is 30.5 Å². The maximum atomic E-state index is 12.8. The molecule has 7 heteroatoms. The third-order valence-corrected chi connectivity index (χ3v) is 4.43. The summed E-state index contributed by atoms with van der Waals surface area (Å²) >= 11 is 6.32. The van der Waals surface area contributed by atoms with Crippen LogP contribution in [0, 0.1) is 0 Å². The number of hydrogen-bond donors (Lipinski definition) is 0. The molecular formula is C20H20ClNO5. The van der Waals surface area contributed by atoms with Crippen LogP contribution in [0.5, 0.6) is 23.0 Å². The Bertz CT molecular complexity index is 907. The van der Waals surface area contributed by atoms with Crippen LogP contribution in [0.3, 0.4) is 0 Å². The topological polar surface area (TPSA) is 57.2 Å². The summed E-state index contributed by atoms with van der Waals surface area (Å²) in [4.78, 5) is 14.7. The van der Waals surface area contributed by atoms with E-state index in [1.807, 2.05) is 19.0 Å². The van der Waals surface area contributed by atoms with E-state index in [9.17, 15) is 4.79 Å². The number of ketones is 1. The number of Topliss-reactive ketones (excluding diaryl/α,β-unsaturated/α-hetero) is 1. The van der Waals surface area contributed by atoms with Crippen molar-refractivity contribution in [3.05, 3.63) is 46.5 Å². The minimum absolute atomic E-state index is 0.0574. The average molecular weight is 390 g/mol. The largest absolute Gasteiger partial charge is 0.496 e. The van der Waals surface area contributed by atoms with Crippen LogP contribution in [-0.4, -0.2) is 40.9 Å². The molecule has 27 heavy (non-hydrogen) atoms. The molecule has 0 spiro atoms. The highest BCUT2D eigenvalue weighted by Crippen LogP contribution is 2.39. The maximum Gasteiger partial charge on any atom is 0.231 e. The molecule has 3 rings (SSSR count). The van der Waals surface area contributed by atoms with Crippen LogP contribution in [0.15, 0.2) is 35.4 Å². The third-order valence-electron chi connectivity index (χ3n) is 4.15. The van der Waals surface area contributed by atoms with Gasteiger partial charge < -0.3 is 23.8 Å². The molecule has 0 bridgehead atoms. The molecule has 1 aliphatic heterocycles. The van der Waals surface area contributed by atoms with Crippen molar-refractivity contribution in [1.29, 1.82) is 0 Å². The highest BCUT2D eigenvalue weighted by molar-refractivity contribution is 6.47. The van der Waals surface area contributed by atoms with E-state index in [0.717, 1.165) is 5.69 Å². The number of hydrogen-bond acceptors (Lipinski definition) is 6. The molecule has 1 aliphatic rings. The summed E-state index contributed by atoms with van der Waals surface area (Å²) in [7, 11) is 6.88. The van der Waals surface area contributed by atoms with Crippen molar-refractivity contribution in [3.8, 4) is 23.0 Å². The van der Waals surface area contributed by atoms with Crippen molar-refractivity contribution in [3.63, 3.8) is 0 Å². The second-order valence-corrected chi connectivity index (χ2v) is 6.46. The molecule has 1 heterocycles. The fourth-order valence-corrected chi connectivity index (χ4v) is 2.98. The number of anilines is 1. The Labute approximate surface area is 162 Å². The number of halogens is 1. The van der Waals surface area contributed by atoms with Gasteiger partial charge in [-0.15, -0.1) is 0 Å². The molecule has 0 radical (unpaired) electrons. The first-order valence-electron chi connectivity index (χ1n) is 8.19. The number of carbonyl (C=O) groups excluding carboxylic acids is 1. The molecule has 0 aromatic heterocycles. The summed E-state index contributed by atoms with van der Waals surface area (Å²) in [5, 5.41) is 0.0574. The Kier molecular flexibility index (Phi) is 5.46. The Morgan fingerprint density at radius 2 is 1.74 bits per heavy atom. The Morgan fingerprint density at radius 3 is 2.37 bits per heavy atom. The first-order valence-corrected chi connectivity index (χ1v) is 8.57. The number of ether oxygens (including phenoxy) is 4. The fraction of sp³-hybridized carbons (Fsp3) is 0.250. The zero-order chi connectivity index (χ0) is 19.6. The van der Waals surface area contributed by atoms with Gasteiger partial charge >= 0.3 is 0 Å². The molecular weight excluding hydrogens is 370 g/mol. The van der Waals surface area contributed by atoms with E-state index in [-0.39, 0.29) is 17.6 Å². The molecule has 0 amide bonds. The average Bonchev–Trinajstić information content (AvgIpc) is 3.13. The number of fused-ring (bicyclic) bond motifs is 1. The van der Waals surface area contributed by atoms with Crippen LogP contribution in [0.1, 0.15) is 15.9 Å². The first kappa shape index (κ1) is 18.9. The van der Waals surface area contributed by atoms with Gasteiger partial charge in [-0.3, -0.25) is 4.79 Å². The normalized spacial score (nSPS) is 12.7. The lowest BCUT2D eigenvalue weighted by Crippen LogP contribution is -2.11. The van der Waals surface area contributed by atoms with E-state index < -0.39 is 0 Å². The summed E-state index contributed by atoms with van der Waals surface area (Å²) in [5.41, 5.74) is 1.87. The van der Waals surface area contributed by atoms with Crippen LogP contribution in [0.4, 0.5) is 5.69 Å². The van der Waals surface area contributed by atoms with Gasteiger partial charge in [0.15, 0.2) is 11.5 Å². The molecule has 0 aliphatic carbocycles. The monoisotopic (exact) mass is 389 g/mol. The third kappa shape index (κ3) is 3.80. The van der Waals surface area contributed by atoms with E-state index >= 15 is 0 Å². The Hall–Kier alpha value is -2.86. The van der Waals surface area contributed by atoms with Crippen molar-refractivity contribution < 1.29 is 23.7 Å². The van der Waals surface area contributed by atoms with Crippen LogP contribution in [0.2, 0.25) is 0 Å². The molecule has 2 aromatic carbocycles. The fourth-order valence-electron chi connectivity index (χ4n) is 2.75. The lowest BCUT2D eigenvalue weighted by atomic mass is 10.1. The van der Waals surface area contributed by atoms with Crippen LogP contribution >= 0.6 is 11.6 Å². The molecule has 0 N–H and O–H groups in total. The van der Waals surface area contributed by atoms with E-state index in [1.54, 1.807) is 43.5 Å². The minimum Gasteiger partial charge on any atom is -0.496 e. The number of allylic oxidation sites excluding steroid dienone is 1. The minimum atomic E-state index is -0.304. The summed E-state index contributed by atoms with van der Waals surface area (Å²) in [6, 6.07) is 8.61. The van der Waals surface area contributed by atoms with E-state index in [2.05, 4.69) is 0 Å². The van der Waals surface area contributed by atoms with Gasteiger partial charge in [0.05, 0.1) is 24.9 Å². The molecule has 2 aromatic rings. The van der Waals surface area contributed by atoms with Crippen molar-refractivity contribution in [2.75, 3.05) is 40.0 Å². The second kappa shape index (κ2) is 7.80. The van der Waals surface area contributed by atoms with Gasteiger partial charge in [0.25, 0.3) is 0 Å². The van der Waals surface area contributed by atoms with Gasteiger partial charge in [-0.05, 0) is 30.3 Å². The molecule has 0 unspecified atom stereocenters. The number of benzene rings is 2. The van der Waals surface area contributed by atoms with Crippen molar-refractivity contribution in [2.24, 2.45) is 0 Å². The predicted molar refractivity (Wildman–Crippen MR) is 105 cm³/mol. The zero-order valence-corrected chi connectivity index (χ0v) is 16.3. The number of carbonyl (C=O) groups is 1. The van der Waals surface area contributed by atoms with Crippen LogP contribution in [0.25, 0.3) is 6.08 Å². The summed E-state index contributed by atoms with van der Waals surface area (Å²) < 4.78 is 21.4. The standard InChI is InChI=1S/C20H20ClNO5/c1-22(2)15-8-12(5-6-16(15)24-3)20(23)14(21)7-13-9-18-19(27-11-26-18)10-17(13)25-4/h5-10H,11H2,1-4H3. The lowest BCUT2D eigenvalue weighted by molar-refractivity contribution is 0.104. The highest BCUT2D eigenvalue weighted by atomic mass is 35.5. The van der Waals surface area contributed by atoms with Gasteiger partial charge in [-0.2, -0.15) is 0 Å². The van der Waals surface area contributed by atoms with Gasteiger partial charge in [-0.25, -0.2) is 0 Å². The Balaban J connectivity index is 1.95. The second-order valence-electron chi connectivity index (χ2n) is 6.05. The Morgan fingerprint density at radius 1 is 1.07 bits per heavy atom. The van der Waals surface area contributed by atoms with Gasteiger partial charge in [0.1, 0.15) is 11.5 Å². The predicted octanol–water partition coefficient (Wildman–Crippen LogP) is 3.96. The van der Waals surface area contributed by atoms with E-state index in [1.165, 1.54) is 7.11 Å². The molecule has 0 saturated carbocycles. The number of nitrogens with zero attached hydrogens (tertiary/aromatic N) is 1. The SMILES string of the molecule is COc1cc2c(cc1C=C(Cl)C(=O)c1ccc(OC)c(N(C)C)c1)OCO2. The first-order chi connectivity index (χ1) is 12.9. The summed E-state index contributed by atoms with van der Waals surface area (Å²) in [6.45, 7) is 0.150. The smallest absolute Gasteiger partial charge is 0.231 e. The van der Waals surface area contributed by atoms with Crippen molar-refractivity contribution in [1.82, 2.24) is 0 Å². The summed E-state index contributed by atoms with van der Waals surface area (Å²) in [5.74, 6) is 2.08. The molecule has 6 nitrogen and oxygen atoms in total. The highest BCUT2D eigenvalue weighted by Gasteiger charge is 2.19. The lowest BCUT2D eigenvalue weighted by Gasteiger charge is -2.17. The zero-order valence-electron chi connectivity index (χ0n) is 15.5. The van der Waals surface area contributed by atoms with Crippen LogP contribution < -0.4 is 23.8 Å². The van der Waals surface area contributed by atoms with Gasteiger partial charge in [0.2, 0.25) is 12.6 Å². The van der Waals surface area contributed by atoms with Crippen molar-refractivity contribution >= 4 is 29.1 Å². The molecule has 0 saturated heterocycles. The van der Waals surface area contributed by atoms with Gasteiger partial charge in [0, 0.05) is 31.3 Å². The molecule has 142 valence electrons. The summed E-state index contributed by atoms with van der Waals surface area (Å²) in [6.07, 6.45) is 1.56. The molecule has 0 atom stereocenters. The number of rotatable bonds is 6. The van der Waals surface area contributed by atoms with E-state index in [0.29, 0.717) is 34.1 Å². The number of methoxy groups -OCH3 is 2. The quantitative estimate of drug-likeness (QED) is 0.550. The maximum absolute atomic E-state index is 12.8. The molecule has 0 fully saturated rings. The van der Waals surface area contributed by atoms with Crippen LogP contribution in [-0.2, 0) is 0 Å².